The number of aryl methyl sites for hydroxylation is 2. The number of methoxy groups -OCH3 is 1. The molecule has 156 valence electrons. The Bertz CT molecular complexity index is 996. The van der Waals surface area contributed by atoms with Gasteiger partial charge in [-0.1, -0.05) is 24.3 Å². The summed E-state index contributed by atoms with van der Waals surface area (Å²) in [5, 5.41) is 0. The van der Waals surface area contributed by atoms with Crippen molar-refractivity contribution in [3.63, 3.8) is 0 Å². The summed E-state index contributed by atoms with van der Waals surface area (Å²) in [5.41, 5.74) is 6.30. The van der Waals surface area contributed by atoms with Crippen LogP contribution in [0.5, 0.6) is 11.6 Å². The van der Waals surface area contributed by atoms with Crippen LogP contribution in [0.3, 0.4) is 0 Å². The maximum absolute atomic E-state index is 6.09. The van der Waals surface area contributed by atoms with E-state index in [0.717, 1.165) is 65.4 Å². The van der Waals surface area contributed by atoms with Crippen molar-refractivity contribution in [3.05, 3.63) is 59.9 Å². The van der Waals surface area contributed by atoms with E-state index in [9.17, 15) is 0 Å². The molecule has 3 heterocycles. The summed E-state index contributed by atoms with van der Waals surface area (Å²) < 4.78 is 17.1. The van der Waals surface area contributed by atoms with E-state index in [4.69, 9.17) is 14.2 Å². The molecular weight excluding hydrogens is 376 g/mol. The third-order valence-corrected chi connectivity index (χ3v) is 5.47. The fourth-order valence-electron chi connectivity index (χ4n) is 3.73. The Kier molecular flexibility index (Phi) is 6.29. The van der Waals surface area contributed by atoms with Crippen molar-refractivity contribution >= 4 is 0 Å². The highest BCUT2D eigenvalue weighted by molar-refractivity contribution is 5.72. The minimum absolute atomic E-state index is 0.436. The Balaban J connectivity index is 1.58. The molecule has 0 radical (unpaired) electrons. The molecule has 5 heteroatoms. The van der Waals surface area contributed by atoms with Crippen molar-refractivity contribution in [1.82, 2.24) is 9.97 Å². The van der Waals surface area contributed by atoms with Gasteiger partial charge in [0, 0.05) is 47.7 Å². The lowest BCUT2D eigenvalue weighted by Crippen LogP contribution is -2.23. The number of ether oxygens (including phenoxy) is 3. The molecule has 1 aliphatic heterocycles. The van der Waals surface area contributed by atoms with Crippen molar-refractivity contribution < 1.29 is 14.2 Å². The maximum Gasteiger partial charge on any atom is 0.217 e. The molecule has 0 aliphatic carbocycles. The highest BCUT2D eigenvalue weighted by Crippen LogP contribution is 2.31. The van der Waals surface area contributed by atoms with Crippen LogP contribution in [-0.2, 0) is 4.74 Å². The number of nitrogens with zero attached hydrogens (tertiary/aromatic N) is 2. The molecule has 0 bridgehead atoms. The average Bonchev–Trinajstić information content (AvgIpc) is 2.78. The van der Waals surface area contributed by atoms with Gasteiger partial charge in [0.2, 0.25) is 5.88 Å². The number of aromatic nitrogens is 2. The molecule has 1 aromatic carbocycles. The third-order valence-electron chi connectivity index (χ3n) is 5.47. The highest BCUT2D eigenvalue weighted by Gasteiger charge is 2.16. The van der Waals surface area contributed by atoms with Gasteiger partial charge in [-0.2, -0.15) is 0 Å². The van der Waals surface area contributed by atoms with Gasteiger partial charge in [0.05, 0.1) is 26.0 Å². The topological polar surface area (TPSA) is 53.5 Å². The van der Waals surface area contributed by atoms with Gasteiger partial charge in [-0.15, -0.1) is 0 Å². The second-order valence-corrected chi connectivity index (χ2v) is 7.84. The zero-order chi connectivity index (χ0) is 20.9. The lowest BCUT2D eigenvalue weighted by Gasteiger charge is -2.22. The van der Waals surface area contributed by atoms with Gasteiger partial charge in [0.1, 0.15) is 5.75 Å². The fraction of sp³-hybridized carbons (Fsp3) is 0.360. The summed E-state index contributed by atoms with van der Waals surface area (Å²) >= 11 is 0. The van der Waals surface area contributed by atoms with Crippen LogP contribution in [0.1, 0.15) is 24.1 Å². The number of benzene rings is 1. The van der Waals surface area contributed by atoms with Crippen LogP contribution < -0.4 is 9.47 Å². The molecule has 0 amide bonds. The van der Waals surface area contributed by atoms with Crippen molar-refractivity contribution in [2.24, 2.45) is 5.92 Å². The van der Waals surface area contributed by atoms with Crippen LogP contribution in [0.2, 0.25) is 0 Å². The molecule has 1 aliphatic rings. The van der Waals surface area contributed by atoms with Crippen molar-refractivity contribution in [2.45, 2.75) is 26.7 Å². The smallest absolute Gasteiger partial charge is 0.217 e. The summed E-state index contributed by atoms with van der Waals surface area (Å²) in [6.07, 6.45) is 4.15. The van der Waals surface area contributed by atoms with E-state index in [2.05, 4.69) is 41.2 Å². The van der Waals surface area contributed by atoms with Crippen LogP contribution in [0.25, 0.3) is 22.4 Å². The third kappa shape index (κ3) is 4.79. The second kappa shape index (κ2) is 9.26. The monoisotopic (exact) mass is 404 g/mol. The standard InChI is InChI=1S/C25H28N2O3/c1-17-11-20(21-7-6-18(2)26-14-21)8-9-23(17)24-12-22(13-25(27-24)28-3)30-16-19-5-4-10-29-15-19/h6-9,11-14,19H,4-5,10,15-16H2,1-3H3/t19-/m0/s1. The first-order valence-corrected chi connectivity index (χ1v) is 10.4. The molecule has 1 atom stereocenters. The molecule has 1 fully saturated rings. The largest absolute Gasteiger partial charge is 0.493 e. The Morgan fingerprint density at radius 3 is 2.63 bits per heavy atom. The lowest BCUT2D eigenvalue weighted by molar-refractivity contribution is 0.0351. The quantitative estimate of drug-likeness (QED) is 0.562. The van der Waals surface area contributed by atoms with Gasteiger partial charge in [0.25, 0.3) is 0 Å². The zero-order valence-corrected chi connectivity index (χ0v) is 17.9. The molecule has 5 nitrogen and oxygen atoms in total. The van der Waals surface area contributed by atoms with E-state index < -0.39 is 0 Å². The molecule has 0 unspecified atom stereocenters. The lowest BCUT2D eigenvalue weighted by atomic mass is 9.98. The average molecular weight is 405 g/mol. The first-order valence-electron chi connectivity index (χ1n) is 10.4. The summed E-state index contributed by atoms with van der Waals surface area (Å²) in [6.45, 7) is 6.36. The molecule has 2 aromatic heterocycles. The van der Waals surface area contributed by atoms with Crippen molar-refractivity contribution in [1.29, 1.82) is 0 Å². The Labute approximate surface area is 178 Å². The summed E-state index contributed by atoms with van der Waals surface area (Å²) in [7, 11) is 1.63. The Morgan fingerprint density at radius 1 is 1.07 bits per heavy atom. The number of hydrogen-bond acceptors (Lipinski definition) is 5. The van der Waals surface area contributed by atoms with Gasteiger partial charge < -0.3 is 14.2 Å². The van der Waals surface area contributed by atoms with Crippen LogP contribution in [0.15, 0.2) is 48.7 Å². The SMILES string of the molecule is COc1cc(OC[C@H]2CCCOC2)cc(-c2ccc(-c3ccc(C)nc3)cc2C)n1. The summed E-state index contributed by atoms with van der Waals surface area (Å²) in [6, 6.07) is 14.3. The zero-order valence-electron chi connectivity index (χ0n) is 17.9. The minimum atomic E-state index is 0.436. The molecular formula is C25H28N2O3. The molecule has 0 N–H and O–H groups in total. The van der Waals surface area contributed by atoms with Crippen LogP contribution in [0, 0.1) is 19.8 Å². The molecule has 0 saturated carbocycles. The normalized spacial score (nSPS) is 16.3. The maximum atomic E-state index is 6.09. The van der Waals surface area contributed by atoms with Crippen molar-refractivity contribution in [3.8, 4) is 34.0 Å². The van der Waals surface area contributed by atoms with E-state index in [1.165, 1.54) is 0 Å². The van der Waals surface area contributed by atoms with Gasteiger partial charge in [-0.25, -0.2) is 4.98 Å². The van der Waals surface area contributed by atoms with E-state index in [1.807, 2.05) is 31.3 Å². The van der Waals surface area contributed by atoms with Gasteiger partial charge in [-0.3, -0.25) is 4.98 Å². The molecule has 3 aromatic rings. The van der Waals surface area contributed by atoms with Crippen LogP contribution in [-0.4, -0.2) is 36.9 Å². The van der Waals surface area contributed by atoms with Crippen LogP contribution >= 0.6 is 0 Å². The number of pyridine rings is 2. The first-order chi connectivity index (χ1) is 14.6. The predicted molar refractivity (Wildman–Crippen MR) is 118 cm³/mol. The highest BCUT2D eigenvalue weighted by atomic mass is 16.5. The van der Waals surface area contributed by atoms with E-state index in [-0.39, 0.29) is 0 Å². The predicted octanol–water partition coefficient (Wildman–Crippen LogP) is 5.24. The molecule has 1 saturated heterocycles. The Hall–Kier alpha value is -2.92. The molecule has 0 spiro atoms. The molecule has 30 heavy (non-hydrogen) atoms. The summed E-state index contributed by atoms with van der Waals surface area (Å²) in [5.74, 6) is 1.76. The number of rotatable bonds is 6. The van der Waals surface area contributed by atoms with E-state index in [1.54, 1.807) is 7.11 Å². The van der Waals surface area contributed by atoms with E-state index in [0.29, 0.717) is 18.4 Å². The second-order valence-electron chi connectivity index (χ2n) is 7.84. The minimum Gasteiger partial charge on any atom is -0.493 e. The van der Waals surface area contributed by atoms with Gasteiger partial charge in [-0.05, 0) is 43.9 Å². The number of hydrogen-bond donors (Lipinski definition) is 0. The summed E-state index contributed by atoms with van der Waals surface area (Å²) in [4.78, 5) is 9.06. The van der Waals surface area contributed by atoms with E-state index >= 15 is 0 Å². The molecule has 4 rings (SSSR count). The first kappa shape index (κ1) is 20.4. The fourth-order valence-corrected chi connectivity index (χ4v) is 3.73. The van der Waals surface area contributed by atoms with Gasteiger partial charge >= 0.3 is 0 Å². The Morgan fingerprint density at radius 2 is 1.93 bits per heavy atom. The van der Waals surface area contributed by atoms with Crippen LogP contribution in [0.4, 0.5) is 0 Å². The van der Waals surface area contributed by atoms with Crippen molar-refractivity contribution in [2.75, 3.05) is 26.9 Å². The van der Waals surface area contributed by atoms with Gasteiger partial charge in [0.15, 0.2) is 0 Å².